The molecule has 26 heavy (non-hydrogen) atoms. The monoisotopic (exact) mass is 412 g/mol. The van der Waals surface area contributed by atoms with E-state index in [-0.39, 0.29) is 16.7 Å². The molecule has 1 saturated carbocycles. The third kappa shape index (κ3) is 7.74. The van der Waals surface area contributed by atoms with E-state index in [9.17, 15) is 13.2 Å². The molecule has 10 heteroatoms. The first-order valence-corrected chi connectivity index (χ1v) is 9.50. The number of alkyl halides is 3. The Morgan fingerprint density at radius 2 is 1.92 bits per heavy atom. The summed E-state index contributed by atoms with van der Waals surface area (Å²) in [6.45, 7) is 1.89. The van der Waals surface area contributed by atoms with Gasteiger partial charge in [-0.15, -0.1) is 0 Å². The van der Waals surface area contributed by atoms with Gasteiger partial charge in [-0.05, 0) is 50.3 Å². The van der Waals surface area contributed by atoms with Gasteiger partial charge in [0, 0.05) is 10.6 Å². The van der Waals surface area contributed by atoms with Crippen LogP contribution in [-0.2, 0) is 21.5 Å². The van der Waals surface area contributed by atoms with Gasteiger partial charge in [-0.1, -0.05) is 30.1 Å². The number of oxime groups is 1. The second-order valence-electron chi connectivity index (χ2n) is 5.72. The summed E-state index contributed by atoms with van der Waals surface area (Å²) in [4.78, 5) is 5.46. The second-order valence-corrected chi connectivity index (χ2v) is 6.63. The van der Waals surface area contributed by atoms with Gasteiger partial charge in [-0.2, -0.15) is 26.4 Å². The van der Waals surface area contributed by atoms with Gasteiger partial charge in [0.05, 0.1) is 11.3 Å². The summed E-state index contributed by atoms with van der Waals surface area (Å²) in [5, 5.41) is 4.30. The molecule has 0 heterocycles. The summed E-state index contributed by atoms with van der Waals surface area (Å²) >= 11 is 5.88. The molecule has 1 aromatic carbocycles. The Morgan fingerprint density at radius 3 is 2.42 bits per heavy atom. The van der Waals surface area contributed by atoms with E-state index in [4.69, 9.17) is 29.6 Å². The standard InChI is InChI=1S/C16H19ClF3NO.HNO2S/c1-2-5-15(21-22-12-6-3-4-7-12)13-10-11(17)8-9-14(13)16(18,19)20;1-4(2)3/h8-10,12H,2-7H2,1H3;1H/b21-15+;. The van der Waals surface area contributed by atoms with Crippen molar-refractivity contribution in [2.75, 3.05) is 0 Å². The summed E-state index contributed by atoms with van der Waals surface area (Å²) in [6.07, 6.45) is 0.632. The van der Waals surface area contributed by atoms with Crippen molar-refractivity contribution in [3.63, 3.8) is 0 Å². The molecule has 146 valence electrons. The zero-order chi connectivity index (χ0) is 19.7. The zero-order valence-corrected chi connectivity index (χ0v) is 15.7. The number of nitrogens with one attached hydrogen (secondary N) is 1. The van der Waals surface area contributed by atoms with Crippen LogP contribution in [0.5, 0.6) is 0 Å². The minimum absolute atomic E-state index is 0.0137. The lowest BCUT2D eigenvalue weighted by Crippen LogP contribution is -2.15. The minimum Gasteiger partial charge on any atom is -0.392 e. The van der Waals surface area contributed by atoms with Gasteiger partial charge in [0.15, 0.2) is 0 Å². The number of nitrogens with zero attached hydrogens (tertiary/aromatic N) is 1. The molecule has 1 fully saturated rings. The molecule has 5 nitrogen and oxygen atoms in total. The maximum atomic E-state index is 13.2. The zero-order valence-electron chi connectivity index (χ0n) is 14.1. The normalized spacial score (nSPS) is 15.3. The highest BCUT2D eigenvalue weighted by molar-refractivity contribution is 7.60. The summed E-state index contributed by atoms with van der Waals surface area (Å²) < 4.78 is 62.4. The first-order chi connectivity index (χ1) is 12.1. The van der Waals surface area contributed by atoms with Gasteiger partial charge in [-0.25, -0.2) is 0 Å². The van der Waals surface area contributed by atoms with Crippen LogP contribution < -0.4 is 0 Å². The maximum Gasteiger partial charge on any atom is 0.417 e. The van der Waals surface area contributed by atoms with E-state index < -0.39 is 22.2 Å². The van der Waals surface area contributed by atoms with Crippen molar-refractivity contribution in [2.45, 2.75) is 57.7 Å². The first kappa shape index (κ1) is 22.4. The molecule has 1 N–H and O–H groups in total. The molecule has 2 rings (SSSR count). The quantitative estimate of drug-likeness (QED) is 0.515. The van der Waals surface area contributed by atoms with E-state index in [0.717, 1.165) is 31.7 Å². The predicted molar refractivity (Wildman–Crippen MR) is 92.9 cm³/mol. The van der Waals surface area contributed by atoms with Gasteiger partial charge >= 0.3 is 16.7 Å². The molecule has 0 bridgehead atoms. The molecular formula is C16H20ClF3N2O3S. The Bertz CT molecular complexity index is 724. The Balaban J connectivity index is 0.000000765. The van der Waals surface area contributed by atoms with Crippen LogP contribution in [0.15, 0.2) is 23.4 Å². The van der Waals surface area contributed by atoms with Crippen LogP contribution in [0.2, 0.25) is 5.02 Å². The Kier molecular flexibility index (Phi) is 9.07. The van der Waals surface area contributed by atoms with Crippen molar-refractivity contribution in [2.24, 2.45) is 5.16 Å². The summed E-state index contributed by atoms with van der Waals surface area (Å²) in [5.74, 6) is 0. The number of hydrogen-bond donors (Lipinski definition) is 1. The Labute approximate surface area is 156 Å². The van der Waals surface area contributed by atoms with Crippen LogP contribution in [0, 0.1) is 4.78 Å². The highest BCUT2D eigenvalue weighted by atomic mass is 35.5. The molecule has 0 aromatic heterocycles. The maximum absolute atomic E-state index is 13.2. The van der Waals surface area contributed by atoms with Crippen LogP contribution in [-0.4, -0.2) is 20.2 Å². The molecule has 0 saturated heterocycles. The lowest BCUT2D eigenvalue weighted by atomic mass is 9.99. The lowest BCUT2D eigenvalue weighted by Gasteiger charge is -2.15. The lowest BCUT2D eigenvalue weighted by molar-refractivity contribution is -0.137. The summed E-state index contributed by atoms with van der Waals surface area (Å²) in [6, 6.07) is 3.56. The van der Waals surface area contributed by atoms with E-state index >= 15 is 0 Å². The van der Waals surface area contributed by atoms with Crippen molar-refractivity contribution >= 4 is 27.8 Å². The molecular weight excluding hydrogens is 393 g/mol. The summed E-state index contributed by atoms with van der Waals surface area (Å²) in [5.41, 5.74) is -0.400. The Hall–Kier alpha value is -1.61. The van der Waals surface area contributed by atoms with Crippen LogP contribution in [0.3, 0.4) is 0 Å². The van der Waals surface area contributed by atoms with Crippen molar-refractivity contribution < 1.29 is 26.4 Å². The van der Waals surface area contributed by atoms with Crippen molar-refractivity contribution in [3.05, 3.63) is 34.3 Å². The van der Waals surface area contributed by atoms with Gasteiger partial charge in [0.25, 0.3) is 0 Å². The highest BCUT2D eigenvalue weighted by Crippen LogP contribution is 2.34. The van der Waals surface area contributed by atoms with E-state index in [1.165, 1.54) is 12.1 Å². The molecule has 0 aliphatic heterocycles. The second kappa shape index (κ2) is 10.5. The van der Waals surface area contributed by atoms with Gasteiger partial charge in [-0.3, -0.25) is 0 Å². The first-order valence-electron chi connectivity index (χ1n) is 8.05. The van der Waals surface area contributed by atoms with E-state index in [0.29, 0.717) is 18.6 Å². The molecule has 0 unspecified atom stereocenters. The van der Waals surface area contributed by atoms with Crippen molar-refractivity contribution in [1.29, 1.82) is 4.78 Å². The molecule has 1 aliphatic rings. The SMILES string of the molecule is CCC/C(=N\OC1CCCC1)c1cc(Cl)ccc1C(F)(F)F.N=S(=O)=O. The van der Waals surface area contributed by atoms with Gasteiger partial charge in [0.2, 0.25) is 0 Å². The van der Waals surface area contributed by atoms with Gasteiger partial charge in [0.1, 0.15) is 6.10 Å². The van der Waals surface area contributed by atoms with Crippen LogP contribution in [0.25, 0.3) is 0 Å². The van der Waals surface area contributed by atoms with Crippen molar-refractivity contribution in [1.82, 2.24) is 0 Å². The topological polar surface area (TPSA) is 79.6 Å². The average molecular weight is 413 g/mol. The van der Waals surface area contributed by atoms with E-state index in [1.54, 1.807) is 0 Å². The Morgan fingerprint density at radius 1 is 1.35 bits per heavy atom. The molecule has 0 amide bonds. The number of rotatable bonds is 5. The van der Waals surface area contributed by atoms with E-state index in [1.807, 2.05) is 6.92 Å². The van der Waals surface area contributed by atoms with Gasteiger partial charge < -0.3 is 4.84 Å². The molecule has 0 spiro atoms. The summed E-state index contributed by atoms with van der Waals surface area (Å²) in [7, 11) is -2.61. The van der Waals surface area contributed by atoms with Crippen LogP contribution in [0.4, 0.5) is 13.2 Å². The predicted octanol–water partition coefficient (Wildman–Crippen LogP) is 5.45. The highest BCUT2D eigenvalue weighted by Gasteiger charge is 2.34. The smallest absolute Gasteiger partial charge is 0.392 e. The fraction of sp³-hybridized carbons (Fsp3) is 0.562. The number of hydrogen-bond acceptors (Lipinski definition) is 5. The molecule has 1 aromatic rings. The molecule has 1 aliphatic carbocycles. The largest absolute Gasteiger partial charge is 0.417 e. The van der Waals surface area contributed by atoms with E-state index in [2.05, 4.69) is 5.16 Å². The minimum atomic E-state index is -4.44. The average Bonchev–Trinajstić information content (AvgIpc) is 3.03. The third-order valence-corrected chi connectivity index (χ3v) is 3.93. The third-order valence-electron chi connectivity index (χ3n) is 3.70. The molecule has 0 radical (unpaired) electrons. The van der Waals surface area contributed by atoms with Crippen LogP contribution in [0.1, 0.15) is 56.6 Å². The fourth-order valence-electron chi connectivity index (χ4n) is 2.60. The van der Waals surface area contributed by atoms with Crippen LogP contribution >= 0.6 is 11.6 Å². The fourth-order valence-corrected chi connectivity index (χ4v) is 2.77. The van der Waals surface area contributed by atoms with Crippen molar-refractivity contribution in [3.8, 4) is 0 Å². The molecule has 0 atom stereocenters. The number of halogens is 4. The number of benzene rings is 1.